The van der Waals surface area contributed by atoms with Gasteiger partial charge in [-0.25, -0.2) is 4.79 Å². The van der Waals surface area contributed by atoms with Crippen LogP contribution in [0.5, 0.6) is 0 Å². The molecule has 5 nitrogen and oxygen atoms in total. The second-order valence-electron chi connectivity index (χ2n) is 6.47. The Morgan fingerprint density at radius 3 is 2.50 bits per heavy atom. The molecule has 2 N–H and O–H groups in total. The Hall–Kier alpha value is -2.35. The summed E-state index contributed by atoms with van der Waals surface area (Å²) >= 11 is 0. The zero-order chi connectivity index (χ0) is 18.9. The van der Waals surface area contributed by atoms with E-state index in [1.54, 1.807) is 13.1 Å². The molecule has 1 aliphatic rings. The van der Waals surface area contributed by atoms with Crippen LogP contribution in [0.25, 0.3) is 0 Å². The van der Waals surface area contributed by atoms with Gasteiger partial charge < -0.3 is 15.4 Å². The van der Waals surface area contributed by atoms with Crippen molar-refractivity contribution in [2.24, 2.45) is 4.99 Å². The number of carbonyl (C=O) groups excluding carboxylic acids is 1. The Bertz CT molecular complexity index is 814. The van der Waals surface area contributed by atoms with E-state index in [-0.39, 0.29) is 36.6 Å². The molecule has 2 aromatic rings. The molecule has 0 unspecified atom stereocenters. The van der Waals surface area contributed by atoms with Gasteiger partial charge in [-0.15, -0.1) is 24.0 Å². The standard InChI is InChI=1S/C22H25N3O2.HI/c1-23-22(25-20-12-5-6-13-20)24-15-18-10-7-11-19(14-18)21(26)27-16-17-8-3-2-4-9-17;/h2-11,14,20H,12-13,15-16H2,1H3,(H2,23,24,25);1H. The van der Waals surface area contributed by atoms with Crippen LogP contribution in [0, 0.1) is 0 Å². The van der Waals surface area contributed by atoms with E-state index >= 15 is 0 Å². The summed E-state index contributed by atoms with van der Waals surface area (Å²) in [7, 11) is 1.76. The van der Waals surface area contributed by atoms with E-state index in [9.17, 15) is 4.79 Å². The third-order valence-electron chi connectivity index (χ3n) is 4.41. The highest BCUT2D eigenvalue weighted by Gasteiger charge is 2.12. The molecule has 0 heterocycles. The van der Waals surface area contributed by atoms with Crippen LogP contribution in [0.15, 0.2) is 71.7 Å². The summed E-state index contributed by atoms with van der Waals surface area (Å²) in [5, 5.41) is 6.69. The third kappa shape index (κ3) is 6.67. The summed E-state index contributed by atoms with van der Waals surface area (Å²) in [6, 6.07) is 17.5. The number of benzene rings is 2. The fraction of sp³-hybridized carbons (Fsp3) is 0.273. The molecule has 0 atom stereocenters. The summed E-state index contributed by atoms with van der Waals surface area (Å²) in [6.07, 6.45) is 6.39. The molecule has 0 saturated heterocycles. The Kier molecular flexibility index (Phi) is 9.00. The smallest absolute Gasteiger partial charge is 0.338 e. The Morgan fingerprint density at radius 1 is 1.07 bits per heavy atom. The zero-order valence-electron chi connectivity index (χ0n) is 15.9. The summed E-state index contributed by atoms with van der Waals surface area (Å²) in [5.41, 5.74) is 2.52. The van der Waals surface area contributed by atoms with Crippen molar-refractivity contribution in [2.45, 2.75) is 32.0 Å². The van der Waals surface area contributed by atoms with Crippen LogP contribution in [-0.4, -0.2) is 25.0 Å². The number of ether oxygens (including phenoxy) is 1. The number of guanidine groups is 1. The van der Waals surface area contributed by atoms with E-state index in [1.807, 2.05) is 48.5 Å². The lowest BCUT2D eigenvalue weighted by atomic mass is 10.1. The summed E-state index contributed by atoms with van der Waals surface area (Å²) in [6.45, 7) is 0.855. The van der Waals surface area contributed by atoms with Crippen molar-refractivity contribution in [3.63, 3.8) is 0 Å². The van der Waals surface area contributed by atoms with Crippen LogP contribution in [-0.2, 0) is 17.9 Å². The van der Waals surface area contributed by atoms with Crippen molar-refractivity contribution in [1.29, 1.82) is 0 Å². The van der Waals surface area contributed by atoms with Gasteiger partial charge in [0.15, 0.2) is 5.96 Å². The van der Waals surface area contributed by atoms with E-state index in [2.05, 4.69) is 27.8 Å². The number of rotatable bonds is 6. The van der Waals surface area contributed by atoms with Crippen LogP contribution in [0.1, 0.15) is 34.3 Å². The van der Waals surface area contributed by atoms with Gasteiger partial charge in [0.25, 0.3) is 0 Å². The molecule has 148 valence electrons. The van der Waals surface area contributed by atoms with E-state index < -0.39 is 0 Å². The van der Waals surface area contributed by atoms with Crippen molar-refractivity contribution in [2.75, 3.05) is 7.05 Å². The Morgan fingerprint density at radius 2 is 1.79 bits per heavy atom. The predicted octanol–water partition coefficient (Wildman–Crippen LogP) is 4.05. The molecule has 0 saturated carbocycles. The SMILES string of the molecule is CN=C(NCc1cccc(C(=O)OCc2ccccc2)c1)NC1CC=CC1.I. The Balaban J connectivity index is 0.00000280. The van der Waals surface area contributed by atoms with Crippen LogP contribution >= 0.6 is 24.0 Å². The van der Waals surface area contributed by atoms with Crippen LogP contribution in [0.3, 0.4) is 0 Å². The number of nitrogens with zero attached hydrogens (tertiary/aromatic N) is 1. The first-order chi connectivity index (χ1) is 13.2. The van der Waals surface area contributed by atoms with Crippen LogP contribution < -0.4 is 10.6 Å². The lowest BCUT2D eigenvalue weighted by Crippen LogP contribution is -2.42. The first-order valence-electron chi connectivity index (χ1n) is 9.17. The van der Waals surface area contributed by atoms with E-state index in [1.165, 1.54) is 0 Å². The quantitative estimate of drug-likeness (QED) is 0.211. The molecule has 0 fully saturated rings. The van der Waals surface area contributed by atoms with Gasteiger partial charge in [0.05, 0.1) is 5.56 Å². The highest BCUT2D eigenvalue weighted by Crippen LogP contribution is 2.10. The van der Waals surface area contributed by atoms with Crippen LogP contribution in [0.2, 0.25) is 0 Å². The van der Waals surface area contributed by atoms with Gasteiger partial charge in [-0.3, -0.25) is 4.99 Å². The maximum Gasteiger partial charge on any atom is 0.338 e. The summed E-state index contributed by atoms with van der Waals surface area (Å²) < 4.78 is 5.40. The topological polar surface area (TPSA) is 62.7 Å². The van der Waals surface area contributed by atoms with Crippen molar-refractivity contribution >= 4 is 35.9 Å². The van der Waals surface area contributed by atoms with Crippen LogP contribution in [0.4, 0.5) is 0 Å². The lowest BCUT2D eigenvalue weighted by molar-refractivity contribution is 0.0472. The van der Waals surface area contributed by atoms with Crippen molar-refractivity contribution in [3.8, 4) is 0 Å². The minimum atomic E-state index is -0.319. The molecule has 0 amide bonds. The monoisotopic (exact) mass is 491 g/mol. The molecular formula is C22H26IN3O2. The van der Waals surface area contributed by atoms with Crippen molar-refractivity contribution < 1.29 is 9.53 Å². The lowest BCUT2D eigenvalue weighted by Gasteiger charge is -2.17. The molecule has 0 aliphatic heterocycles. The number of carbonyl (C=O) groups is 1. The maximum atomic E-state index is 12.3. The van der Waals surface area contributed by atoms with E-state index in [4.69, 9.17) is 4.74 Å². The maximum absolute atomic E-state index is 12.3. The number of aliphatic imine (C=N–C) groups is 1. The zero-order valence-corrected chi connectivity index (χ0v) is 18.3. The molecule has 0 spiro atoms. The van der Waals surface area contributed by atoms with E-state index in [0.717, 1.165) is 29.9 Å². The highest BCUT2D eigenvalue weighted by molar-refractivity contribution is 14.0. The molecule has 0 bridgehead atoms. The molecule has 1 aliphatic carbocycles. The van der Waals surface area contributed by atoms with Crippen molar-refractivity contribution in [1.82, 2.24) is 10.6 Å². The molecule has 0 radical (unpaired) electrons. The first-order valence-corrected chi connectivity index (χ1v) is 9.17. The number of nitrogens with one attached hydrogen (secondary N) is 2. The minimum Gasteiger partial charge on any atom is -0.457 e. The van der Waals surface area contributed by atoms with Gasteiger partial charge in [-0.1, -0.05) is 54.6 Å². The van der Waals surface area contributed by atoms with Gasteiger partial charge in [0, 0.05) is 19.6 Å². The molecular weight excluding hydrogens is 465 g/mol. The predicted molar refractivity (Wildman–Crippen MR) is 123 cm³/mol. The van der Waals surface area contributed by atoms with E-state index in [0.29, 0.717) is 18.2 Å². The largest absolute Gasteiger partial charge is 0.457 e. The average molecular weight is 491 g/mol. The molecule has 28 heavy (non-hydrogen) atoms. The molecule has 2 aromatic carbocycles. The number of hydrogen-bond acceptors (Lipinski definition) is 3. The third-order valence-corrected chi connectivity index (χ3v) is 4.41. The average Bonchev–Trinajstić information content (AvgIpc) is 3.23. The molecule has 6 heteroatoms. The number of halogens is 1. The second-order valence-corrected chi connectivity index (χ2v) is 6.47. The van der Waals surface area contributed by atoms with Gasteiger partial charge in [-0.2, -0.15) is 0 Å². The Labute approximate surface area is 183 Å². The van der Waals surface area contributed by atoms with Gasteiger partial charge in [0.2, 0.25) is 0 Å². The first kappa shape index (κ1) is 21.9. The van der Waals surface area contributed by atoms with Crippen molar-refractivity contribution in [3.05, 3.63) is 83.4 Å². The summed E-state index contributed by atoms with van der Waals surface area (Å²) in [4.78, 5) is 16.6. The summed E-state index contributed by atoms with van der Waals surface area (Å²) in [5.74, 6) is 0.445. The highest BCUT2D eigenvalue weighted by atomic mass is 127. The minimum absolute atomic E-state index is 0. The molecule has 3 rings (SSSR count). The second kappa shape index (κ2) is 11.5. The normalized spacial score (nSPS) is 13.7. The van der Waals surface area contributed by atoms with Gasteiger partial charge in [-0.05, 0) is 36.1 Å². The van der Waals surface area contributed by atoms with Gasteiger partial charge >= 0.3 is 5.97 Å². The molecule has 0 aromatic heterocycles. The number of hydrogen-bond donors (Lipinski definition) is 2. The van der Waals surface area contributed by atoms with Gasteiger partial charge in [0.1, 0.15) is 6.61 Å². The fourth-order valence-electron chi connectivity index (χ4n) is 2.92. The number of esters is 1. The fourth-order valence-corrected chi connectivity index (χ4v) is 2.92.